The summed E-state index contributed by atoms with van der Waals surface area (Å²) in [5, 5.41) is 0. The summed E-state index contributed by atoms with van der Waals surface area (Å²) in [4.78, 5) is 26.4. The van der Waals surface area contributed by atoms with Gasteiger partial charge >= 0.3 is 12.1 Å². The standard InChI is InChI=1S/C18H23NO4/c1-18(2,3)23-17(21)19-14-9-13(14)10-15(19)16(20)22-11-12-7-5-4-6-8-12/h4-8,13-15H,9-11H2,1-3H3/t13-,14+,15+/m0/s1. The summed E-state index contributed by atoms with van der Waals surface area (Å²) in [6.45, 7) is 5.71. The molecule has 1 amide bonds. The number of benzene rings is 1. The number of likely N-dealkylation sites (tertiary alicyclic amines) is 1. The number of amides is 1. The molecule has 3 atom stereocenters. The van der Waals surface area contributed by atoms with Crippen LogP contribution in [-0.2, 0) is 20.9 Å². The number of rotatable bonds is 3. The quantitative estimate of drug-likeness (QED) is 0.804. The molecule has 1 aliphatic heterocycles. The minimum Gasteiger partial charge on any atom is -0.459 e. The van der Waals surface area contributed by atoms with Crippen molar-refractivity contribution in [2.45, 2.75) is 57.9 Å². The molecule has 1 aromatic carbocycles. The fourth-order valence-corrected chi connectivity index (χ4v) is 3.07. The zero-order valence-electron chi connectivity index (χ0n) is 13.8. The third-order valence-electron chi connectivity index (χ3n) is 4.20. The van der Waals surface area contributed by atoms with Crippen molar-refractivity contribution in [3.05, 3.63) is 35.9 Å². The number of ether oxygens (including phenoxy) is 2. The van der Waals surface area contributed by atoms with Gasteiger partial charge in [-0.2, -0.15) is 0 Å². The Morgan fingerprint density at radius 1 is 1.17 bits per heavy atom. The van der Waals surface area contributed by atoms with E-state index in [9.17, 15) is 9.59 Å². The first kappa shape index (κ1) is 15.8. The largest absolute Gasteiger partial charge is 0.459 e. The van der Waals surface area contributed by atoms with Gasteiger partial charge in [0, 0.05) is 6.04 Å². The summed E-state index contributed by atoms with van der Waals surface area (Å²) in [5.41, 5.74) is 0.371. The van der Waals surface area contributed by atoms with Crippen molar-refractivity contribution in [2.75, 3.05) is 0 Å². The highest BCUT2D eigenvalue weighted by Gasteiger charge is 2.57. The Balaban J connectivity index is 1.62. The van der Waals surface area contributed by atoms with Gasteiger partial charge in [-0.25, -0.2) is 9.59 Å². The third kappa shape index (κ3) is 3.66. The van der Waals surface area contributed by atoms with Crippen LogP contribution in [0.3, 0.4) is 0 Å². The number of hydrogen-bond donors (Lipinski definition) is 0. The van der Waals surface area contributed by atoms with Gasteiger partial charge in [0.15, 0.2) is 0 Å². The van der Waals surface area contributed by atoms with Gasteiger partial charge in [0.05, 0.1) is 0 Å². The summed E-state index contributed by atoms with van der Waals surface area (Å²) >= 11 is 0. The van der Waals surface area contributed by atoms with Crippen molar-refractivity contribution in [3.63, 3.8) is 0 Å². The van der Waals surface area contributed by atoms with Crippen LogP contribution >= 0.6 is 0 Å². The molecule has 0 aromatic heterocycles. The van der Waals surface area contributed by atoms with Crippen LogP contribution in [0.2, 0.25) is 0 Å². The lowest BCUT2D eigenvalue weighted by Gasteiger charge is -2.29. The fourth-order valence-electron chi connectivity index (χ4n) is 3.07. The Hall–Kier alpha value is -2.04. The van der Waals surface area contributed by atoms with Crippen LogP contribution in [0.1, 0.15) is 39.2 Å². The van der Waals surface area contributed by atoms with Crippen LogP contribution in [0, 0.1) is 5.92 Å². The highest BCUT2D eigenvalue weighted by atomic mass is 16.6. The average Bonchev–Trinajstić information content (AvgIpc) is 3.14. The number of piperidine rings is 1. The molecule has 0 radical (unpaired) electrons. The van der Waals surface area contributed by atoms with Crippen molar-refractivity contribution < 1.29 is 19.1 Å². The number of hydrogen-bond acceptors (Lipinski definition) is 4. The van der Waals surface area contributed by atoms with Crippen molar-refractivity contribution in [2.24, 2.45) is 5.92 Å². The molecule has 3 rings (SSSR count). The predicted octanol–water partition coefficient (Wildman–Crippen LogP) is 3.13. The summed E-state index contributed by atoms with van der Waals surface area (Å²) in [6, 6.07) is 9.16. The van der Waals surface area contributed by atoms with E-state index in [1.807, 2.05) is 51.1 Å². The number of carbonyl (C=O) groups is 2. The molecule has 0 unspecified atom stereocenters. The Morgan fingerprint density at radius 3 is 2.52 bits per heavy atom. The van der Waals surface area contributed by atoms with E-state index in [0.29, 0.717) is 12.3 Å². The van der Waals surface area contributed by atoms with Gasteiger partial charge in [0.1, 0.15) is 18.2 Å². The Kier molecular flexibility index (Phi) is 4.04. The Morgan fingerprint density at radius 2 is 1.87 bits per heavy atom. The van der Waals surface area contributed by atoms with Crippen LogP contribution in [0.25, 0.3) is 0 Å². The number of carbonyl (C=O) groups excluding carboxylic acids is 2. The van der Waals surface area contributed by atoms with Crippen LogP contribution in [-0.4, -0.2) is 34.6 Å². The lowest BCUT2D eigenvalue weighted by molar-refractivity contribution is -0.150. The van der Waals surface area contributed by atoms with E-state index in [-0.39, 0.29) is 18.6 Å². The molecule has 1 heterocycles. The number of esters is 1. The molecular formula is C18H23NO4. The van der Waals surface area contributed by atoms with Crippen LogP contribution < -0.4 is 0 Å². The molecule has 2 fully saturated rings. The lowest BCUT2D eigenvalue weighted by atomic mass is 10.1. The number of nitrogens with zero attached hydrogens (tertiary/aromatic N) is 1. The molecule has 1 aromatic rings. The third-order valence-corrected chi connectivity index (χ3v) is 4.20. The first-order valence-electron chi connectivity index (χ1n) is 8.07. The first-order chi connectivity index (χ1) is 10.8. The fraction of sp³-hybridized carbons (Fsp3) is 0.556. The average molecular weight is 317 g/mol. The molecule has 0 N–H and O–H groups in total. The van der Waals surface area contributed by atoms with E-state index in [0.717, 1.165) is 12.0 Å². The van der Waals surface area contributed by atoms with Crippen molar-refractivity contribution in [3.8, 4) is 0 Å². The van der Waals surface area contributed by atoms with E-state index in [1.165, 1.54) is 0 Å². The molecule has 5 heteroatoms. The molecule has 1 aliphatic carbocycles. The Labute approximate surface area is 136 Å². The summed E-state index contributed by atoms with van der Waals surface area (Å²) < 4.78 is 10.8. The van der Waals surface area contributed by atoms with Gasteiger partial charge in [-0.05, 0) is 45.1 Å². The monoisotopic (exact) mass is 317 g/mol. The van der Waals surface area contributed by atoms with Crippen molar-refractivity contribution in [1.29, 1.82) is 0 Å². The van der Waals surface area contributed by atoms with E-state index >= 15 is 0 Å². The highest BCUT2D eigenvalue weighted by Crippen LogP contribution is 2.48. The van der Waals surface area contributed by atoms with Crippen LogP contribution in [0.15, 0.2) is 30.3 Å². The molecule has 23 heavy (non-hydrogen) atoms. The molecule has 2 aliphatic rings. The smallest absolute Gasteiger partial charge is 0.411 e. The Bertz CT molecular complexity index is 593. The zero-order valence-corrected chi connectivity index (χ0v) is 13.8. The van der Waals surface area contributed by atoms with Crippen molar-refractivity contribution in [1.82, 2.24) is 4.90 Å². The summed E-state index contributed by atoms with van der Waals surface area (Å²) in [5.74, 6) is 0.0729. The van der Waals surface area contributed by atoms with E-state index in [1.54, 1.807) is 4.90 Å². The normalized spacial score (nSPS) is 25.7. The second kappa shape index (κ2) is 5.87. The van der Waals surface area contributed by atoms with Crippen LogP contribution in [0.4, 0.5) is 4.79 Å². The van der Waals surface area contributed by atoms with Gasteiger partial charge in [-0.3, -0.25) is 4.90 Å². The predicted molar refractivity (Wildman–Crippen MR) is 84.6 cm³/mol. The van der Waals surface area contributed by atoms with Crippen LogP contribution in [0.5, 0.6) is 0 Å². The maximum atomic E-state index is 12.4. The lowest BCUT2D eigenvalue weighted by Crippen LogP contribution is -2.46. The first-order valence-corrected chi connectivity index (χ1v) is 8.07. The minimum atomic E-state index is -0.567. The summed E-state index contributed by atoms with van der Waals surface area (Å²) in [6.07, 6.45) is 1.23. The molecule has 1 saturated heterocycles. The maximum absolute atomic E-state index is 12.4. The van der Waals surface area contributed by atoms with Crippen molar-refractivity contribution >= 4 is 12.1 Å². The number of fused-ring (bicyclic) bond motifs is 1. The zero-order chi connectivity index (χ0) is 16.6. The molecule has 0 spiro atoms. The SMILES string of the molecule is CC(C)(C)OC(=O)N1[C@@H](C(=O)OCc2ccccc2)C[C@@H]2C[C@H]21. The second-order valence-corrected chi connectivity index (χ2v) is 7.30. The summed E-state index contributed by atoms with van der Waals surface area (Å²) in [7, 11) is 0. The highest BCUT2D eigenvalue weighted by molar-refractivity contribution is 5.83. The van der Waals surface area contributed by atoms with Gasteiger partial charge < -0.3 is 9.47 Å². The molecule has 5 nitrogen and oxygen atoms in total. The van der Waals surface area contributed by atoms with Gasteiger partial charge in [0.2, 0.25) is 0 Å². The van der Waals surface area contributed by atoms with Gasteiger partial charge in [-0.15, -0.1) is 0 Å². The second-order valence-electron chi connectivity index (χ2n) is 7.30. The van der Waals surface area contributed by atoms with E-state index in [4.69, 9.17) is 9.47 Å². The van der Waals surface area contributed by atoms with E-state index < -0.39 is 17.7 Å². The minimum absolute atomic E-state index is 0.138. The molecule has 0 bridgehead atoms. The van der Waals surface area contributed by atoms with Gasteiger partial charge in [0.25, 0.3) is 0 Å². The van der Waals surface area contributed by atoms with E-state index in [2.05, 4.69) is 0 Å². The molecular weight excluding hydrogens is 294 g/mol. The van der Waals surface area contributed by atoms with Gasteiger partial charge in [-0.1, -0.05) is 30.3 Å². The molecule has 124 valence electrons. The topological polar surface area (TPSA) is 55.8 Å². The maximum Gasteiger partial charge on any atom is 0.411 e. The molecule has 1 saturated carbocycles.